The molecule has 0 saturated heterocycles. The summed E-state index contributed by atoms with van der Waals surface area (Å²) in [5.74, 6) is -0.855. The number of likely N-dealkylation sites (N-methyl/N-ethyl adjacent to an activating group) is 1. The van der Waals surface area contributed by atoms with Gasteiger partial charge in [-0.25, -0.2) is 0 Å². The number of hydrogen-bond donors (Lipinski definition) is 0. The zero-order valence-corrected chi connectivity index (χ0v) is 45.2. The smallest absolute Gasteiger partial charge is 0.306 e. The number of phosphoric acid groups is 1. The second kappa shape index (κ2) is 49.2. The van der Waals surface area contributed by atoms with Crippen LogP contribution >= 0.6 is 7.82 Å². The lowest BCUT2D eigenvalue weighted by Crippen LogP contribution is -2.37. The molecule has 0 fully saturated rings. The highest BCUT2D eigenvalue weighted by atomic mass is 31.2. The van der Waals surface area contributed by atoms with Crippen LogP contribution in [0.2, 0.25) is 0 Å². The van der Waals surface area contributed by atoms with E-state index in [1.807, 2.05) is 21.1 Å². The molecule has 0 aromatic rings. The number of phosphoric ester groups is 1. The van der Waals surface area contributed by atoms with Crippen LogP contribution < -0.4 is 4.89 Å². The fourth-order valence-corrected chi connectivity index (χ4v) is 7.91. The molecule has 392 valence electrons. The topological polar surface area (TPSA) is 111 Å². The van der Waals surface area contributed by atoms with Crippen molar-refractivity contribution in [3.8, 4) is 0 Å². The Morgan fingerprint density at radius 2 is 0.838 bits per heavy atom. The molecular weight excluding hydrogens is 870 g/mol. The van der Waals surface area contributed by atoms with E-state index in [4.69, 9.17) is 18.5 Å². The first-order valence-electron chi connectivity index (χ1n) is 27.3. The lowest BCUT2D eigenvalue weighted by atomic mass is 10.0. The number of quaternary nitrogens is 1. The number of carbonyl (C=O) groups excluding carboxylic acids is 2. The minimum absolute atomic E-state index is 0.0380. The van der Waals surface area contributed by atoms with Crippen LogP contribution in [-0.2, 0) is 32.7 Å². The molecule has 0 amide bonds. The molecule has 2 unspecified atom stereocenters. The van der Waals surface area contributed by atoms with Gasteiger partial charge in [0.1, 0.15) is 19.8 Å². The molecule has 0 aromatic carbocycles. The third-order valence-corrected chi connectivity index (χ3v) is 12.4. The molecule has 0 saturated carbocycles. The summed E-state index contributed by atoms with van der Waals surface area (Å²) in [5, 5.41) is 0. The number of unbranched alkanes of at least 4 members (excludes halogenated alkanes) is 21. The lowest BCUT2D eigenvalue weighted by molar-refractivity contribution is -0.870. The predicted octanol–water partition coefficient (Wildman–Crippen LogP) is 16.1. The summed E-state index contributed by atoms with van der Waals surface area (Å²) in [6, 6.07) is 0. The molecule has 0 aliphatic heterocycles. The van der Waals surface area contributed by atoms with E-state index in [1.165, 1.54) is 83.5 Å². The van der Waals surface area contributed by atoms with Crippen molar-refractivity contribution in [3.63, 3.8) is 0 Å². The maximum atomic E-state index is 12.8. The zero-order chi connectivity index (χ0) is 49.9. The van der Waals surface area contributed by atoms with Crippen LogP contribution in [-0.4, -0.2) is 70.0 Å². The Kier molecular flexibility index (Phi) is 47.2. The van der Waals surface area contributed by atoms with Crippen molar-refractivity contribution in [1.29, 1.82) is 0 Å². The van der Waals surface area contributed by atoms with E-state index in [-0.39, 0.29) is 26.1 Å². The van der Waals surface area contributed by atoms with Crippen molar-refractivity contribution >= 4 is 19.8 Å². The third kappa shape index (κ3) is 52.6. The first-order valence-corrected chi connectivity index (χ1v) is 28.8. The van der Waals surface area contributed by atoms with Gasteiger partial charge in [0, 0.05) is 12.8 Å². The maximum absolute atomic E-state index is 12.8. The number of allylic oxidation sites excluding steroid dienone is 14. The fourth-order valence-electron chi connectivity index (χ4n) is 7.18. The van der Waals surface area contributed by atoms with Crippen LogP contribution in [0.15, 0.2) is 85.1 Å². The van der Waals surface area contributed by atoms with Gasteiger partial charge in [0.05, 0.1) is 27.7 Å². The van der Waals surface area contributed by atoms with E-state index in [9.17, 15) is 19.0 Å². The van der Waals surface area contributed by atoms with Crippen molar-refractivity contribution in [1.82, 2.24) is 0 Å². The molecule has 0 spiro atoms. The van der Waals surface area contributed by atoms with Crippen LogP contribution in [0, 0.1) is 0 Å². The largest absolute Gasteiger partial charge is 0.756 e. The Balaban J connectivity index is 4.26. The van der Waals surface area contributed by atoms with E-state index in [2.05, 4.69) is 98.9 Å². The molecule has 68 heavy (non-hydrogen) atoms. The third-order valence-electron chi connectivity index (χ3n) is 11.4. The molecule has 9 nitrogen and oxygen atoms in total. The molecular formula is C58H102NO8P. The Bertz CT molecular complexity index is 1420. The van der Waals surface area contributed by atoms with Gasteiger partial charge >= 0.3 is 11.9 Å². The van der Waals surface area contributed by atoms with E-state index in [1.54, 1.807) is 0 Å². The van der Waals surface area contributed by atoms with Crippen LogP contribution in [0.25, 0.3) is 0 Å². The van der Waals surface area contributed by atoms with Crippen molar-refractivity contribution in [2.24, 2.45) is 0 Å². The van der Waals surface area contributed by atoms with Gasteiger partial charge in [-0.1, -0.05) is 202 Å². The van der Waals surface area contributed by atoms with Crippen molar-refractivity contribution in [2.45, 2.75) is 225 Å². The van der Waals surface area contributed by atoms with Crippen LogP contribution in [0.1, 0.15) is 219 Å². The minimum atomic E-state index is -4.64. The van der Waals surface area contributed by atoms with Gasteiger partial charge in [0.25, 0.3) is 7.82 Å². The van der Waals surface area contributed by atoms with Crippen molar-refractivity contribution < 1.29 is 42.1 Å². The quantitative estimate of drug-likeness (QED) is 0.0195. The summed E-state index contributed by atoms with van der Waals surface area (Å²) in [6.45, 7) is 4.09. The average Bonchev–Trinajstić information content (AvgIpc) is 3.30. The zero-order valence-electron chi connectivity index (χ0n) is 44.3. The summed E-state index contributed by atoms with van der Waals surface area (Å²) in [7, 11) is 1.15. The molecule has 10 heteroatoms. The van der Waals surface area contributed by atoms with Crippen LogP contribution in [0.3, 0.4) is 0 Å². The summed E-state index contributed by atoms with van der Waals surface area (Å²) >= 11 is 0. The first kappa shape index (κ1) is 65.2. The number of nitrogens with zero attached hydrogens (tertiary/aromatic N) is 1. The Morgan fingerprint density at radius 1 is 0.471 bits per heavy atom. The van der Waals surface area contributed by atoms with Gasteiger partial charge in [-0.2, -0.15) is 0 Å². The van der Waals surface area contributed by atoms with E-state index >= 15 is 0 Å². The first-order chi connectivity index (χ1) is 33.0. The molecule has 0 heterocycles. The monoisotopic (exact) mass is 972 g/mol. The normalized spacial score (nSPS) is 14.0. The number of ether oxygens (including phenoxy) is 2. The standard InChI is InChI=1S/C58H102NO8P/c1-6-8-10-12-14-16-18-20-22-24-26-28-29-31-33-35-37-39-41-43-45-47-49-51-58(61)67-56(55-66-68(62,63)65-53-52-59(3,4)5)54-64-57(60)50-48-46-44-42-40-38-36-34-32-30-27-25-23-21-19-17-15-13-11-9-7-2/h8,10,14,16,19-22,25-28,32,34,56H,6-7,9,11-13,15,17-18,23-24,29-31,33,35-55H2,1-5H3/b10-8-,16-14-,21-19-,22-20-,27-25-,28-26-,34-32-. The summed E-state index contributed by atoms with van der Waals surface area (Å²) in [4.78, 5) is 37.8. The summed E-state index contributed by atoms with van der Waals surface area (Å²) in [6.07, 6.45) is 64.7. The van der Waals surface area contributed by atoms with E-state index in [0.717, 1.165) is 96.3 Å². The van der Waals surface area contributed by atoms with Crippen LogP contribution in [0.5, 0.6) is 0 Å². The van der Waals surface area contributed by atoms with Crippen molar-refractivity contribution in [3.05, 3.63) is 85.1 Å². The fraction of sp³-hybridized carbons (Fsp3) is 0.724. The second-order valence-corrected chi connectivity index (χ2v) is 20.6. The van der Waals surface area contributed by atoms with E-state index in [0.29, 0.717) is 23.9 Å². The molecule has 0 N–H and O–H groups in total. The van der Waals surface area contributed by atoms with Crippen LogP contribution in [0.4, 0.5) is 0 Å². The Morgan fingerprint density at radius 3 is 1.25 bits per heavy atom. The summed E-state index contributed by atoms with van der Waals surface area (Å²) < 4.78 is 34.1. The van der Waals surface area contributed by atoms with Gasteiger partial charge in [-0.3, -0.25) is 14.2 Å². The highest BCUT2D eigenvalue weighted by Crippen LogP contribution is 2.38. The molecule has 0 aliphatic carbocycles. The molecule has 0 aliphatic rings. The summed E-state index contributed by atoms with van der Waals surface area (Å²) in [5.41, 5.74) is 0. The van der Waals surface area contributed by atoms with Crippen molar-refractivity contribution in [2.75, 3.05) is 47.5 Å². The highest BCUT2D eigenvalue weighted by Gasteiger charge is 2.21. The van der Waals surface area contributed by atoms with E-state index < -0.39 is 32.5 Å². The van der Waals surface area contributed by atoms with Gasteiger partial charge in [-0.05, 0) is 89.9 Å². The van der Waals surface area contributed by atoms with Gasteiger partial charge in [-0.15, -0.1) is 0 Å². The Labute approximate surface area is 418 Å². The van der Waals surface area contributed by atoms with Gasteiger partial charge in [0.15, 0.2) is 6.10 Å². The SMILES string of the molecule is CC/C=C\C/C=C\C/C=C\C/C=C\CCCCCCCCCCCCC(=O)OC(COC(=O)CCCCCCCC/C=C\C/C=C\C/C=C\CCCCCCC)COP(=O)([O-])OCC[N+](C)(C)C. The lowest BCUT2D eigenvalue weighted by Gasteiger charge is -2.28. The molecule has 0 aromatic heterocycles. The predicted molar refractivity (Wildman–Crippen MR) is 286 cm³/mol. The number of hydrogen-bond acceptors (Lipinski definition) is 8. The molecule has 0 rings (SSSR count). The Hall–Kier alpha value is -2.81. The number of esters is 2. The number of rotatable bonds is 49. The second-order valence-electron chi connectivity index (χ2n) is 19.2. The number of carbonyl (C=O) groups is 2. The maximum Gasteiger partial charge on any atom is 0.306 e. The highest BCUT2D eigenvalue weighted by molar-refractivity contribution is 7.45. The molecule has 0 radical (unpaired) electrons. The minimum Gasteiger partial charge on any atom is -0.756 e. The van der Waals surface area contributed by atoms with Gasteiger partial charge < -0.3 is 27.9 Å². The average molecular weight is 972 g/mol. The van der Waals surface area contributed by atoms with Gasteiger partial charge in [0.2, 0.25) is 0 Å². The molecule has 0 bridgehead atoms. The molecule has 2 atom stereocenters.